The van der Waals surface area contributed by atoms with Gasteiger partial charge in [0.2, 0.25) is 23.6 Å². The fourth-order valence-electron chi connectivity index (χ4n) is 5.80. The maximum atomic E-state index is 14.1. The number of hydrogen-bond acceptors (Lipinski definition) is 7. The van der Waals surface area contributed by atoms with Crippen LogP contribution >= 0.6 is 0 Å². The Kier molecular flexibility index (Phi) is 11.1. The molecular weight excluding hydrogens is 642 g/mol. The van der Waals surface area contributed by atoms with Crippen molar-refractivity contribution in [3.63, 3.8) is 0 Å². The van der Waals surface area contributed by atoms with Crippen molar-refractivity contribution in [3.05, 3.63) is 102 Å². The number of nitrogens with two attached hydrogens (primary N) is 2. The lowest BCUT2D eigenvalue weighted by atomic mass is 10.0. The highest BCUT2D eigenvalue weighted by molar-refractivity contribution is 5.95. The zero-order valence-electron chi connectivity index (χ0n) is 27.0. The molecule has 0 saturated carbocycles. The molecule has 2 heterocycles. The van der Waals surface area contributed by atoms with Crippen molar-refractivity contribution in [2.75, 3.05) is 0 Å². The first-order valence-electron chi connectivity index (χ1n) is 16.0. The number of benzene rings is 3. The molecule has 0 aliphatic heterocycles. The van der Waals surface area contributed by atoms with Crippen LogP contribution < -0.4 is 27.4 Å². The van der Waals surface area contributed by atoms with Crippen LogP contribution in [0.15, 0.2) is 85.2 Å². The van der Waals surface area contributed by atoms with Gasteiger partial charge in [-0.15, -0.1) is 0 Å². The fourth-order valence-corrected chi connectivity index (χ4v) is 5.80. The summed E-state index contributed by atoms with van der Waals surface area (Å²) < 4.78 is 0. The molecule has 0 fully saturated rings. The van der Waals surface area contributed by atoms with Gasteiger partial charge in [0.15, 0.2) is 0 Å². The molecule has 4 unspecified atom stereocenters. The van der Waals surface area contributed by atoms with Gasteiger partial charge in [0, 0.05) is 53.5 Å². The summed E-state index contributed by atoms with van der Waals surface area (Å²) in [6, 6.07) is 16.0. The number of phenolic OH excluding ortho intramolecular Hbond substituents is 1. The van der Waals surface area contributed by atoms with Gasteiger partial charge in [0.05, 0.1) is 6.04 Å². The summed E-state index contributed by atoms with van der Waals surface area (Å²) in [5.74, 6) is -4.28. The number of carboxylic acids is 1. The van der Waals surface area contributed by atoms with E-state index in [0.29, 0.717) is 5.56 Å². The second-order valence-electron chi connectivity index (χ2n) is 12.1. The van der Waals surface area contributed by atoms with Gasteiger partial charge in [-0.25, -0.2) is 4.79 Å². The molecule has 0 aliphatic rings. The molecule has 5 rings (SSSR count). The number of aromatic amines is 2. The zero-order valence-corrected chi connectivity index (χ0v) is 27.0. The van der Waals surface area contributed by atoms with Crippen LogP contribution in [0.3, 0.4) is 0 Å². The minimum absolute atomic E-state index is 0.0124. The van der Waals surface area contributed by atoms with Crippen molar-refractivity contribution in [1.29, 1.82) is 0 Å². The summed E-state index contributed by atoms with van der Waals surface area (Å²) in [5.41, 5.74) is 15.4. The summed E-state index contributed by atoms with van der Waals surface area (Å²) in [5, 5.41) is 29.1. The van der Waals surface area contributed by atoms with Crippen molar-refractivity contribution < 1.29 is 34.2 Å². The van der Waals surface area contributed by atoms with Crippen molar-refractivity contribution in [2.45, 2.75) is 56.3 Å². The smallest absolute Gasteiger partial charge is 0.326 e. The molecular formula is C36H39N7O7. The number of phenols is 1. The predicted octanol–water partition coefficient (Wildman–Crippen LogP) is 1.51. The molecule has 2 aromatic heterocycles. The molecule has 14 heteroatoms. The number of carbonyl (C=O) groups is 5. The topological polar surface area (TPSA) is 246 Å². The molecule has 3 aromatic carbocycles. The van der Waals surface area contributed by atoms with Gasteiger partial charge in [0.1, 0.15) is 23.9 Å². The number of rotatable bonds is 16. The van der Waals surface area contributed by atoms with Gasteiger partial charge in [-0.2, -0.15) is 0 Å². The SMILES string of the molecule is NC(=O)CCC(NC(=O)C(Cc1ccc(O)cc1)NC(=O)C(Cc1c[nH]c2ccccc12)NC(=O)C(N)Cc1c[nH]c2ccccc12)C(=O)O. The quantitative estimate of drug-likeness (QED) is 0.0737. The Morgan fingerprint density at radius 2 is 1.16 bits per heavy atom. The molecule has 0 bridgehead atoms. The number of aromatic nitrogens is 2. The van der Waals surface area contributed by atoms with Crippen LogP contribution in [0.5, 0.6) is 5.75 Å². The van der Waals surface area contributed by atoms with Crippen LogP contribution in [0.1, 0.15) is 29.5 Å². The highest BCUT2D eigenvalue weighted by atomic mass is 16.4. The number of primary amides is 1. The number of para-hydroxylation sites is 2. The number of fused-ring (bicyclic) bond motifs is 2. The minimum Gasteiger partial charge on any atom is -0.508 e. The normalized spacial score (nSPS) is 13.6. The van der Waals surface area contributed by atoms with E-state index in [-0.39, 0.29) is 37.9 Å². The largest absolute Gasteiger partial charge is 0.508 e. The summed E-state index contributed by atoms with van der Waals surface area (Å²) >= 11 is 0. The van der Waals surface area contributed by atoms with Gasteiger partial charge in [0.25, 0.3) is 0 Å². The molecule has 5 aromatic rings. The van der Waals surface area contributed by atoms with Gasteiger partial charge < -0.3 is 47.6 Å². The maximum Gasteiger partial charge on any atom is 0.326 e. The minimum atomic E-state index is -1.46. The molecule has 4 atom stereocenters. The number of nitrogens with one attached hydrogen (secondary N) is 5. The average Bonchev–Trinajstić information content (AvgIpc) is 3.70. The number of aromatic hydroxyl groups is 1. The number of amides is 4. The summed E-state index contributed by atoms with van der Waals surface area (Å²) in [6.45, 7) is 0. The molecule has 14 nitrogen and oxygen atoms in total. The molecule has 4 amide bonds. The van der Waals surface area contributed by atoms with E-state index < -0.39 is 53.8 Å². The first kappa shape index (κ1) is 35.2. The van der Waals surface area contributed by atoms with Crippen LogP contribution in [0, 0.1) is 0 Å². The van der Waals surface area contributed by atoms with E-state index in [4.69, 9.17) is 11.5 Å². The third kappa shape index (κ3) is 8.85. The molecule has 0 saturated heterocycles. The van der Waals surface area contributed by atoms with Crippen LogP contribution in [0.2, 0.25) is 0 Å². The zero-order chi connectivity index (χ0) is 35.8. The predicted molar refractivity (Wildman–Crippen MR) is 186 cm³/mol. The standard InChI is InChI=1S/C36H39N7O7/c37-26(16-21-18-39-27-7-3-1-5-24(21)27)33(46)42-31(17-22-19-40-28-8-4-2-6-25(22)28)35(48)43-30(15-20-9-11-23(44)12-10-20)34(47)41-29(36(49)50)13-14-32(38)45/h1-12,18-19,26,29-31,39-40,44H,13-17,37H2,(H2,38,45)(H,41,47)(H,42,46)(H,43,48)(H,49,50). The van der Waals surface area contributed by atoms with E-state index in [2.05, 4.69) is 25.9 Å². The Balaban J connectivity index is 1.39. The van der Waals surface area contributed by atoms with Crippen LogP contribution in [0.4, 0.5) is 0 Å². The van der Waals surface area contributed by atoms with Crippen molar-refractivity contribution >= 4 is 51.4 Å². The highest BCUT2D eigenvalue weighted by Crippen LogP contribution is 2.21. The molecule has 11 N–H and O–H groups in total. The monoisotopic (exact) mass is 681 g/mol. The van der Waals surface area contributed by atoms with E-state index in [1.165, 1.54) is 12.1 Å². The summed E-state index contributed by atoms with van der Waals surface area (Å²) in [4.78, 5) is 70.7. The summed E-state index contributed by atoms with van der Waals surface area (Å²) in [6.07, 6.45) is 3.10. The van der Waals surface area contributed by atoms with E-state index in [1.54, 1.807) is 24.5 Å². The second kappa shape index (κ2) is 15.8. The van der Waals surface area contributed by atoms with E-state index in [9.17, 15) is 34.2 Å². The lowest BCUT2D eigenvalue weighted by Crippen LogP contribution is -2.58. The van der Waals surface area contributed by atoms with Gasteiger partial charge in [-0.05, 0) is 53.8 Å². The first-order valence-corrected chi connectivity index (χ1v) is 16.0. The van der Waals surface area contributed by atoms with Crippen LogP contribution in [0.25, 0.3) is 21.8 Å². The highest BCUT2D eigenvalue weighted by Gasteiger charge is 2.31. The Bertz CT molecular complexity index is 2000. The van der Waals surface area contributed by atoms with Gasteiger partial charge in [-0.3, -0.25) is 19.2 Å². The Labute approximate surface area is 286 Å². The lowest BCUT2D eigenvalue weighted by molar-refractivity contribution is -0.142. The number of carbonyl (C=O) groups excluding carboxylic acids is 4. The summed E-state index contributed by atoms with van der Waals surface area (Å²) in [7, 11) is 0. The molecule has 0 radical (unpaired) electrons. The first-order chi connectivity index (χ1) is 24.0. The molecule has 0 aliphatic carbocycles. The van der Waals surface area contributed by atoms with Crippen LogP contribution in [-0.4, -0.2) is 73.9 Å². The fraction of sp³-hybridized carbons (Fsp3) is 0.250. The number of hydrogen-bond donors (Lipinski definition) is 9. The number of H-pyrrole nitrogens is 2. The molecule has 0 spiro atoms. The number of aliphatic carboxylic acids is 1. The van der Waals surface area contributed by atoms with Crippen molar-refractivity contribution in [2.24, 2.45) is 11.5 Å². The second-order valence-corrected chi connectivity index (χ2v) is 12.1. The maximum absolute atomic E-state index is 14.1. The van der Waals surface area contributed by atoms with Crippen molar-refractivity contribution in [3.8, 4) is 5.75 Å². The van der Waals surface area contributed by atoms with Crippen molar-refractivity contribution in [1.82, 2.24) is 25.9 Å². The van der Waals surface area contributed by atoms with E-state index >= 15 is 0 Å². The Morgan fingerprint density at radius 3 is 1.72 bits per heavy atom. The number of carboxylic acid groups (broad SMARTS) is 1. The van der Waals surface area contributed by atoms with Gasteiger partial charge in [-0.1, -0.05) is 48.5 Å². The van der Waals surface area contributed by atoms with Gasteiger partial charge >= 0.3 is 5.97 Å². The third-order valence-electron chi connectivity index (χ3n) is 8.49. The average molecular weight is 682 g/mol. The van der Waals surface area contributed by atoms with E-state index in [0.717, 1.165) is 32.9 Å². The Morgan fingerprint density at radius 1 is 0.660 bits per heavy atom. The van der Waals surface area contributed by atoms with E-state index in [1.807, 2.05) is 48.5 Å². The molecule has 260 valence electrons. The molecule has 50 heavy (non-hydrogen) atoms. The lowest BCUT2D eigenvalue weighted by Gasteiger charge is -2.25. The Hall–Kier alpha value is -6.15. The van der Waals surface area contributed by atoms with Crippen LogP contribution in [-0.2, 0) is 43.2 Å². The third-order valence-corrected chi connectivity index (χ3v) is 8.49.